The van der Waals surface area contributed by atoms with Gasteiger partial charge in [-0.15, -0.1) is 0 Å². The standard InChI is InChI=1S/C12H14ClN3S/c1-7(2)16-11(14-15-12(16)17)9-5-4-8(3)10(13)6-9/h4-7H,1-3H3,(H,15,17). The lowest BCUT2D eigenvalue weighted by Crippen LogP contribution is -2.03. The van der Waals surface area contributed by atoms with Crippen molar-refractivity contribution in [1.29, 1.82) is 0 Å². The summed E-state index contributed by atoms with van der Waals surface area (Å²) in [6.45, 7) is 6.13. The van der Waals surface area contributed by atoms with Crippen molar-refractivity contribution in [3.8, 4) is 11.4 Å². The number of aryl methyl sites for hydroxylation is 1. The summed E-state index contributed by atoms with van der Waals surface area (Å²) in [6.07, 6.45) is 0. The lowest BCUT2D eigenvalue weighted by Gasteiger charge is -2.10. The molecule has 0 spiro atoms. The van der Waals surface area contributed by atoms with Crippen LogP contribution in [0.15, 0.2) is 18.2 Å². The lowest BCUT2D eigenvalue weighted by molar-refractivity contribution is 0.597. The van der Waals surface area contributed by atoms with E-state index >= 15 is 0 Å². The number of rotatable bonds is 2. The van der Waals surface area contributed by atoms with Gasteiger partial charge in [0.2, 0.25) is 0 Å². The maximum Gasteiger partial charge on any atom is 0.195 e. The van der Waals surface area contributed by atoms with Crippen LogP contribution < -0.4 is 0 Å². The predicted octanol–water partition coefficient (Wildman–Crippen LogP) is 4.15. The zero-order valence-electron chi connectivity index (χ0n) is 9.99. The van der Waals surface area contributed by atoms with Crippen molar-refractivity contribution in [3.05, 3.63) is 33.6 Å². The lowest BCUT2D eigenvalue weighted by atomic mass is 10.1. The van der Waals surface area contributed by atoms with E-state index in [4.69, 9.17) is 23.8 Å². The Morgan fingerprint density at radius 3 is 2.71 bits per heavy atom. The average molecular weight is 268 g/mol. The van der Waals surface area contributed by atoms with Gasteiger partial charge in [0.15, 0.2) is 10.6 Å². The molecular formula is C12H14ClN3S. The van der Waals surface area contributed by atoms with E-state index in [1.807, 2.05) is 29.7 Å². The zero-order chi connectivity index (χ0) is 12.6. The topological polar surface area (TPSA) is 33.6 Å². The fourth-order valence-corrected chi connectivity index (χ4v) is 2.24. The Balaban J connectivity index is 2.61. The minimum absolute atomic E-state index is 0.260. The Hall–Kier alpha value is -1.13. The second kappa shape index (κ2) is 4.63. The third-order valence-electron chi connectivity index (χ3n) is 2.65. The summed E-state index contributed by atoms with van der Waals surface area (Å²) in [5, 5.41) is 7.83. The maximum absolute atomic E-state index is 6.13. The van der Waals surface area contributed by atoms with Crippen molar-refractivity contribution < 1.29 is 0 Å². The van der Waals surface area contributed by atoms with Crippen LogP contribution in [0.2, 0.25) is 5.02 Å². The first kappa shape index (κ1) is 12.3. The molecule has 90 valence electrons. The number of H-pyrrole nitrogens is 1. The highest BCUT2D eigenvalue weighted by molar-refractivity contribution is 7.71. The molecule has 0 unspecified atom stereocenters. The summed E-state index contributed by atoms with van der Waals surface area (Å²) < 4.78 is 2.61. The van der Waals surface area contributed by atoms with Gasteiger partial charge in [0, 0.05) is 16.6 Å². The minimum Gasteiger partial charge on any atom is -0.298 e. The Kier molecular flexibility index (Phi) is 3.35. The quantitative estimate of drug-likeness (QED) is 0.830. The highest BCUT2D eigenvalue weighted by atomic mass is 35.5. The minimum atomic E-state index is 0.260. The van der Waals surface area contributed by atoms with Crippen LogP contribution in [0, 0.1) is 11.7 Å². The SMILES string of the molecule is Cc1ccc(-c2n[nH]c(=S)n2C(C)C)cc1Cl. The van der Waals surface area contributed by atoms with Gasteiger partial charge in [-0.05, 0) is 44.6 Å². The van der Waals surface area contributed by atoms with Crippen molar-refractivity contribution >= 4 is 23.8 Å². The molecule has 1 aromatic heterocycles. The molecule has 2 aromatic rings. The van der Waals surface area contributed by atoms with Crippen molar-refractivity contribution in [2.24, 2.45) is 0 Å². The Labute approximate surface area is 110 Å². The van der Waals surface area contributed by atoms with E-state index in [1.165, 1.54) is 0 Å². The van der Waals surface area contributed by atoms with Gasteiger partial charge in [-0.25, -0.2) is 0 Å². The molecule has 0 atom stereocenters. The van der Waals surface area contributed by atoms with Crippen molar-refractivity contribution in [2.75, 3.05) is 0 Å². The van der Waals surface area contributed by atoms with Crippen molar-refractivity contribution in [1.82, 2.24) is 14.8 Å². The van der Waals surface area contributed by atoms with Gasteiger partial charge < -0.3 is 0 Å². The van der Waals surface area contributed by atoms with Crippen LogP contribution in [0.25, 0.3) is 11.4 Å². The van der Waals surface area contributed by atoms with Crippen LogP contribution in [-0.2, 0) is 0 Å². The van der Waals surface area contributed by atoms with Gasteiger partial charge in [0.05, 0.1) is 0 Å². The Morgan fingerprint density at radius 2 is 2.12 bits per heavy atom. The third-order valence-corrected chi connectivity index (χ3v) is 3.35. The van der Waals surface area contributed by atoms with Gasteiger partial charge in [-0.2, -0.15) is 5.10 Å². The third kappa shape index (κ3) is 2.28. The van der Waals surface area contributed by atoms with E-state index in [2.05, 4.69) is 24.0 Å². The first-order valence-corrected chi connectivity index (χ1v) is 6.22. The van der Waals surface area contributed by atoms with Gasteiger partial charge >= 0.3 is 0 Å². The molecule has 1 aromatic carbocycles. The first-order valence-electron chi connectivity index (χ1n) is 5.44. The van der Waals surface area contributed by atoms with Crippen LogP contribution in [-0.4, -0.2) is 14.8 Å². The van der Waals surface area contributed by atoms with Gasteiger partial charge in [0.1, 0.15) is 0 Å². The van der Waals surface area contributed by atoms with Gasteiger partial charge in [-0.1, -0.05) is 23.7 Å². The molecule has 5 heteroatoms. The molecule has 0 fully saturated rings. The monoisotopic (exact) mass is 267 g/mol. The molecule has 1 N–H and O–H groups in total. The molecule has 0 aliphatic rings. The summed E-state index contributed by atoms with van der Waals surface area (Å²) in [7, 11) is 0. The molecule has 0 aliphatic heterocycles. The van der Waals surface area contributed by atoms with E-state index in [9.17, 15) is 0 Å². The molecule has 0 bridgehead atoms. The first-order chi connectivity index (χ1) is 8.00. The molecule has 0 amide bonds. The number of hydrogen-bond acceptors (Lipinski definition) is 2. The summed E-state index contributed by atoms with van der Waals surface area (Å²) in [5.41, 5.74) is 2.03. The molecule has 0 aliphatic carbocycles. The maximum atomic E-state index is 6.13. The average Bonchev–Trinajstić information content (AvgIpc) is 2.64. The zero-order valence-corrected chi connectivity index (χ0v) is 11.6. The number of nitrogens with zero attached hydrogens (tertiary/aromatic N) is 2. The Bertz CT molecular complexity index is 598. The van der Waals surface area contributed by atoms with Crippen LogP contribution >= 0.6 is 23.8 Å². The fraction of sp³-hybridized carbons (Fsp3) is 0.333. The highest BCUT2D eigenvalue weighted by Gasteiger charge is 2.12. The molecule has 0 saturated carbocycles. The molecular weight excluding hydrogens is 254 g/mol. The van der Waals surface area contributed by atoms with Gasteiger partial charge in [0.25, 0.3) is 0 Å². The van der Waals surface area contributed by atoms with E-state index in [-0.39, 0.29) is 6.04 Å². The van der Waals surface area contributed by atoms with Crippen LogP contribution in [0.1, 0.15) is 25.5 Å². The number of halogens is 1. The number of benzene rings is 1. The summed E-state index contributed by atoms with van der Waals surface area (Å²) in [5.74, 6) is 0.826. The smallest absolute Gasteiger partial charge is 0.195 e. The molecule has 17 heavy (non-hydrogen) atoms. The second-order valence-electron chi connectivity index (χ2n) is 4.28. The van der Waals surface area contributed by atoms with Crippen molar-refractivity contribution in [3.63, 3.8) is 0 Å². The van der Waals surface area contributed by atoms with E-state index in [1.54, 1.807) is 0 Å². The van der Waals surface area contributed by atoms with E-state index in [0.717, 1.165) is 22.0 Å². The predicted molar refractivity (Wildman–Crippen MR) is 73.0 cm³/mol. The number of aromatic amines is 1. The number of hydrogen-bond donors (Lipinski definition) is 1. The number of nitrogens with one attached hydrogen (secondary N) is 1. The normalized spacial score (nSPS) is 11.1. The summed E-state index contributed by atoms with van der Waals surface area (Å²) >= 11 is 11.3. The van der Waals surface area contributed by atoms with Crippen LogP contribution in [0.4, 0.5) is 0 Å². The largest absolute Gasteiger partial charge is 0.298 e. The fourth-order valence-electron chi connectivity index (χ4n) is 1.72. The van der Waals surface area contributed by atoms with Crippen LogP contribution in [0.5, 0.6) is 0 Å². The van der Waals surface area contributed by atoms with Crippen molar-refractivity contribution in [2.45, 2.75) is 26.8 Å². The molecule has 1 heterocycles. The van der Waals surface area contributed by atoms with Crippen LogP contribution in [0.3, 0.4) is 0 Å². The molecule has 0 saturated heterocycles. The van der Waals surface area contributed by atoms with E-state index in [0.29, 0.717) is 4.77 Å². The highest BCUT2D eigenvalue weighted by Crippen LogP contribution is 2.25. The Morgan fingerprint density at radius 1 is 1.41 bits per heavy atom. The van der Waals surface area contributed by atoms with E-state index < -0.39 is 0 Å². The molecule has 2 rings (SSSR count). The summed E-state index contributed by atoms with van der Waals surface area (Å²) in [4.78, 5) is 0. The molecule has 3 nitrogen and oxygen atoms in total. The second-order valence-corrected chi connectivity index (χ2v) is 5.07. The molecule has 0 radical (unpaired) electrons. The van der Waals surface area contributed by atoms with Gasteiger partial charge in [-0.3, -0.25) is 9.67 Å². The summed E-state index contributed by atoms with van der Waals surface area (Å²) in [6, 6.07) is 6.17. The number of aromatic nitrogens is 3.